The molecule has 32 heavy (non-hydrogen) atoms. The van der Waals surface area contributed by atoms with Gasteiger partial charge in [0.1, 0.15) is 0 Å². The number of rotatable bonds is 4. The van der Waals surface area contributed by atoms with Gasteiger partial charge in [-0.25, -0.2) is 4.39 Å². The van der Waals surface area contributed by atoms with Gasteiger partial charge in [-0.3, -0.25) is 14.4 Å². The molecule has 8 atom stereocenters. The number of alkyl halides is 2. The van der Waals surface area contributed by atoms with Crippen LogP contribution in [0.3, 0.4) is 0 Å². The van der Waals surface area contributed by atoms with Crippen LogP contribution in [-0.4, -0.2) is 44.4 Å². The molecule has 0 heterocycles. The Balaban J connectivity index is 1.85. The Labute approximate surface area is 202 Å². The van der Waals surface area contributed by atoms with Crippen molar-refractivity contribution in [2.24, 2.45) is 28.6 Å². The third-order valence-electron chi connectivity index (χ3n) is 9.28. The standard InChI is InChI=1S/C25H32FIO5/c1-5-21(31)32-25(20(30)13-27)14(2)10-18-17-7-6-15-11-16(28)8-9-22(15,3)24(17,26)19(29)12-23(18,25)4/h8-9,11,14,17-19,29H,5-7,10,12-13H2,1-4H3/t14-,17-,18-,19-,22-,23-,24-,25-/m0/s1. The second kappa shape index (κ2) is 7.72. The number of Topliss-reactive ketones (excluding diaryl/α,β-unsaturated/α-hetero) is 1. The molecule has 0 saturated heterocycles. The summed E-state index contributed by atoms with van der Waals surface area (Å²) in [5, 5.41) is 11.4. The molecule has 3 saturated carbocycles. The van der Waals surface area contributed by atoms with E-state index in [1.54, 1.807) is 19.9 Å². The number of hydrogen-bond acceptors (Lipinski definition) is 5. The first kappa shape index (κ1) is 24.0. The molecular formula is C25H32FIO5. The van der Waals surface area contributed by atoms with E-state index in [4.69, 9.17) is 4.74 Å². The van der Waals surface area contributed by atoms with Crippen LogP contribution in [-0.2, 0) is 19.1 Å². The average molecular weight is 558 g/mol. The number of fused-ring (bicyclic) bond motifs is 5. The molecule has 4 aliphatic carbocycles. The van der Waals surface area contributed by atoms with Crippen molar-refractivity contribution in [3.63, 3.8) is 0 Å². The molecule has 0 aliphatic heterocycles. The highest BCUT2D eigenvalue weighted by Crippen LogP contribution is 2.71. The lowest BCUT2D eigenvalue weighted by Crippen LogP contribution is -2.70. The first-order valence-corrected chi connectivity index (χ1v) is 13.1. The van der Waals surface area contributed by atoms with E-state index < -0.39 is 40.1 Å². The van der Waals surface area contributed by atoms with Crippen LogP contribution in [0.5, 0.6) is 0 Å². The van der Waals surface area contributed by atoms with E-state index in [1.807, 2.05) is 36.4 Å². The van der Waals surface area contributed by atoms with Gasteiger partial charge in [-0.1, -0.05) is 55.0 Å². The Morgan fingerprint density at radius 1 is 1.31 bits per heavy atom. The molecule has 7 heteroatoms. The van der Waals surface area contributed by atoms with Crippen molar-refractivity contribution in [1.29, 1.82) is 0 Å². The lowest BCUT2D eigenvalue weighted by molar-refractivity contribution is -0.226. The smallest absolute Gasteiger partial charge is 0.306 e. The Morgan fingerprint density at radius 2 is 2.00 bits per heavy atom. The zero-order valence-electron chi connectivity index (χ0n) is 19.1. The summed E-state index contributed by atoms with van der Waals surface area (Å²) in [6.07, 6.45) is 4.97. The van der Waals surface area contributed by atoms with Crippen molar-refractivity contribution in [1.82, 2.24) is 0 Å². The van der Waals surface area contributed by atoms with Crippen molar-refractivity contribution in [3.8, 4) is 0 Å². The van der Waals surface area contributed by atoms with E-state index >= 15 is 4.39 Å². The number of esters is 1. The third kappa shape index (κ3) is 2.79. The summed E-state index contributed by atoms with van der Waals surface area (Å²) in [5.74, 6) is -1.78. The summed E-state index contributed by atoms with van der Waals surface area (Å²) in [6.45, 7) is 7.29. The quantitative estimate of drug-likeness (QED) is 0.316. The SMILES string of the molecule is CCC(=O)O[C@]1(C(=O)CI)[C@@H](C)C[C@H]2[C@@H]3CCC4=CC(=O)C=C[C@]4(C)[C@@]3(F)[C@@H](O)C[C@@]21C. The molecule has 0 bridgehead atoms. The summed E-state index contributed by atoms with van der Waals surface area (Å²) in [7, 11) is 0. The maximum absolute atomic E-state index is 17.2. The fourth-order valence-corrected chi connectivity index (χ4v) is 8.32. The van der Waals surface area contributed by atoms with E-state index in [0.717, 1.165) is 5.57 Å². The summed E-state index contributed by atoms with van der Waals surface area (Å²) in [5.41, 5.74) is -4.55. The lowest BCUT2D eigenvalue weighted by Gasteiger charge is -2.62. The number of ether oxygens (including phenoxy) is 1. The van der Waals surface area contributed by atoms with E-state index in [1.165, 1.54) is 12.2 Å². The third-order valence-corrected chi connectivity index (χ3v) is 9.97. The molecule has 4 aliphatic rings. The minimum atomic E-state index is -1.96. The van der Waals surface area contributed by atoms with Crippen LogP contribution in [0.15, 0.2) is 23.8 Å². The zero-order chi connectivity index (χ0) is 23.7. The van der Waals surface area contributed by atoms with Crippen LogP contribution in [0.1, 0.15) is 59.8 Å². The highest BCUT2D eigenvalue weighted by atomic mass is 127. The number of hydrogen-bond donors (Lipinski definition) is 1. The molecule has 4 rings (SSSR count). The largest absolute Gasteiger partial charge is 0.450 e. The van der Waals surface area contributed by atoms with E-state index in [2.05, 4.69) is 0 Å². The number of halogens is 2. The first-order chi connectivity index (χ1) is 14.9. The second-order valence-corrected chi connectivity index (χ2v) is 11.3. The molecule has 3 fully saturated rings. The lowest BCUT2D eigenvalue weighted by atomic mass is 9.44. The van der Waals surface area contributed by atoms with Crippen LogP contribution in [0, 0.1) is 28.6 Å². The minimum absolute atomic E-state index is 0.0268. The molecule has 176 valence electrons. The maximum atomic E-state index is 17.2. The van der Waals surface area contributed by atoms with Crippen molar-refractivity contribution >= 4 is 40.1 Å². The average Bonchev–Trinajstić information content (AvgIpc) is 2.96. The number of allylic oxidation sites excluding steroid dienone is 4. The highest BCUT2D eigenvalue weighted by Gasteiger charge is 2.77. The van der Waals surface area contributed by atoms with Gasteiger partial charge in [0.25, 0.3) is 0 Å². The molecule has 0 unspecified atom stereocenters. The molecular weight excluding hydrogens is 526 g/mol. The number of carbonyl (C=O) groups is 3. The Morgan fingerprint density at radius 3 is 2.62 bits per heavy atom. The van der Waals surface area contributed by atoms with Gasteiger partial charge >= 0.3 is 5.97 Å². The Hall–Kier alpha value is -1.09. The zero-order valence-corrected chi connectivity index (χ0v) is 21.3. The van der Waals surface area contributed by atoms with Crippen molar-refractivity contribution in [3.05, 3.63) is 23.8 Å². The minimum Gasteiger partial charge on any atom is -0.450 e. The van der Waals surface area contributed by atoms with Crippen molar-refractivity contribution in [2.75, 3.05) is 4.43 Å². The fourth-order valence-electron chi connectivity index (χ4n) is 7.75. The van der Waals surface area contributed by atoms with Gasteiger partial charge < -0.3 is 9.84 Å². The second-order valence-electron chi connectivity index (χ2n) is 10.5. The van der Waals surface area contributed by atoms with E-state index in [-0.39, 0.29) is 40.7 Å². The van der Waals surface area contributed by atoms with Crippen LogP contribution in [0.25, 0.3) is 0 Å². The number of aliphatic hydroxyl groups excluding tert-OH is 1. The van der Waals surface area contributed by atoms with Gasteiger partial charge in [-0.15, -0.1) is 0 Å². The Kier molecular flexibility index (Phi) is 5.80. The van der Waals surface area contributed by atoms with Gasteiger partial charge in [0.05, 0.1) is 10.5 Å². The Bertz CT molecular complexity index is 929. The molecule has 0 aromatic heterocycles. The van der Waals surface area contributed by atoms with Gasteiger partial charge in [0, 0.05) is 29.1 Å². The van der Waals surface area contributed by atoms with Crippen LogP contribution in [0.2, 0.25) is 0 Å². The maximum Gasteiger partial charge on any atom is 0.306 e. The number of carbonyl (C=O) groups excluding carboxylic acids is 3. The molecule has 5 nitrogen and oxygen atoms in total. The van der Waals surface area contributed by atoms with Crippen LogP contribution >= 0.6 is 22.6 Å². The number of ketones is 2. The van der Waals surface area contributed by atoms with E-state index in [0.29, 0.717) is 19.3 Å². The monoisotopic (exact) mass is 558 g/mol. The topological polar surface area (TPSA) is 80.7 Å². The van der Waals surface area contributed by atoms with Gasteiger partial charge in [0.2, 0.25) is 0 Å². The molecule has 0 aromatic rings. The molecule has 0 amide bonds. The van der Waals surface area contributed by atoms with Crippen LogP contribution < -0.4 is 0 Å². The predicted octanol–water partition coefficient (Wildman–Crippen LogP) is 4.30. The van der Waals surface area contributed by atoms with Gasteiger partial charge in [-0.2, -0.15) is 0 Å². The van der Waals surface area contributed by atoms with Crippen molar-refractivity contribution in [2.45, 2.75) is 77.2 Å². The molecule has 0 spiro atoms. The van der Waals surface area contributed by atoms with E-state index in [9.17, 15) is 19.5 Å². The summed E-state index contributed by atoms with van der Waals surface area (Å²) in [4.78, 5) is 37.9. The number of aliphatic hydroxyl groups is 1. The summed E-state index contributed by atoms with van der Waals surface area (Å²) >= 11 is 2.00. The van der Waals surface area contributed by atoms with Gasteiger partial charge in [-0.05, 0) is 50.7 Å². The van der Waals surface area contributed by atoms with Gasteiger partial charge in [0.15, 0.2) is 22.8 Å². The molecule has 1 N–H and O–H groups in total. The predicted molar refractivity (Wildman–Crippen MR) is 126 cm³/mol. The first-order valence-electron chi connectivity index (χ1n) is 11.5. The normalized spacial score (nSPS) is 47.2. The fraction of sp³-hybridized carbons (Fsp3) is 0.720. The van der Waals surface area contributed by atoms with Crippen LogP contribution in [0.4, 0.5) is 4.39 Å². The van der Waals surface area contributed by atoms with Crippen molar-refractivity contribution < 1.29 is 28.6 Å². The summed E-state index contributed by atoms with van der Waals surface area (Å²) < 4.78 is 23.4. The highest BCUT2D eigenvalue weighted by molar-refractivity contribution is 14.1. The molecule has 0 aromatic carbocycles. The summed E-state index contributed by atoms with van der Waals surface area (Å²) in [6, 6.07) is 0. The molecule has 0 radical (unpaired) electrons.